The summed E-state index contributed by atoms with van der Waals surface area (Å²) in [6.45, 7) is 2.80. The maximum atomic E-state index is 5.69. The van der Waals surface area contributed by atoms with Crippen molar-refractivity contribution in [1.82, 2.24) is 30.1 Å². The van der Waals surface area contributed by atoms with Crippen molar-refractivity contribution in [2.75, 3.05) is 16.8 Å². The number of aromatic nitrogens is 6. The summed E-state index contributed by atoms with van der Waals surface area (Å²) >= 11 is 0. The Kier molecular flexibility index (Phi) is 4.76. The van der Waals surface area contributed by atoms with E-state index in [0.717, 1.165) is 42.2 Å². The SMILES string of the molecule is Cc1cc(Nc2cnccn2)nc(N2CCCC2c2cc(-c3ccccn3)no2)n1. The van der Waals surface area contributed by atoms with Crippen molar-refractivity contribution in [1.29, 1.82) is 0 Å². The summed E-state index contributed by atoms with van der Waals surface area (Å²) in [4.78, 5) is 24.2. The fourth-order valence-corrected chi connectivity index (χ4v) is 3.62. The average Bonchev–Trinajstić information content (AvgIpc) is 3.44. The molecule has 0 aromatic carbocycles. The molecule has 5 rings (SSSR count). The minimum absolute atomic E-state index is 0.0288. The molecule has 9 nitrogen and oxygen atoms in total. The molecule has 1 atom stereocenters. The number of hydrogen-bond donors (Lipinski definition) is 1. The number of rotatable bonds is 5. The lowest BCUT2D eigenvalue weighted by Gasteiger charge is -2.23. The predicted octanol–water partition coefficient (Wildman–Crippen LogP) is 3.71. The van der Waals surface area contributed by atoms with Crippen LogP contribution in [0.4, 0.5) is 17.6 Å². The maximum Gasteiger partial charge on any atom is 0.228 e. The largest absolute Gasteiger partial charge is 0.358 e. The van der Waals surface area contributed by atoms with Gasteiger partial charge in [0.05, 0.1) is 17.9 Å². The van der Waals surface area contributed by atoms with Crippen LogP contribution in [0.1, 0.15) is 30.3 Å². The van der Waals surface area contributed by atoms with Crippen LogP contribution in [0.2, 0.25) is 0 Å². The molecule has 1 N–H and O–H groups in total. The molecule has 9 heteroatoms. The van der Waals surface area contributed by atoms with Crippen LogP contribution in [0, 0.1) is 6.92 Å². The number of aryl methyl sites for hydroxylation is 1. The van der Waals surface area contributed by atoms with Crippen molar-refractivity contribution >= 4 is 17.6 Å². The summed E-state index contributed by atoms with van der Waals surface area (Å²) in [5, 5.41) is 7.41. The minimum Gasteiger partial charge on any atom is -0.358 e. The van der Waals surface area contributed by atoms with E-state index in [4.69, 9.17) is 9.51 Å². The summed E-state index contributed by atoms with van der Waals surface area (Å²) < 4.78 is 5.69. The number of pyridine rings is 1. The maximum absolute atomic E-state index is 5.69. The highest BCUT2D eigenvalue weighted by molar-refractivity contribution is 5.55. The summed E-state index contributed by atoms with van der Waals surface area (Å²) in [5.74, 6) is 2.76. The van der Waals surface area contributed by atoms with E-state index in [-0.39, 0.29) is 6.04 Å². The Labute approximate surface area is 173 Å². The van der Waals surface area contributed by atoms with E-state index in [1.165, 1.54) is 0 Å². The Hall–Kier alpha value is -3.88. The van der Waals surface area contributed by atoms with Crippen LogP contribution in [0.5, 0.6) is 0 Å². The van der Waals surface area contributed by atoms with Gasteiger partial charge in [-0.1, -0.05) is 11.2 Å². The highest BCUT2D eigenvalue weighted by Gasteiger charge is 2.32. The molecule has 1 fully saturated rings. The first-order valence-corrected chi connectivity index (χ1v) is 9.80. The molecule has 0 bridgehead atoms. The van der Waals surface area contributed by atoms with Crippen molar-refractivity contribution in [2.45, 2.75) is 25.8 Å². The van der Waals surface area contributed by atoms with E-state index >= 15 is 0 Å². The second-order valence-electron chi connectivity index (χ2n) is 7.09. The minimum atomic E-state index is 0.0288. The molecule has 1 saturated heterocycles. The van der Waals surface area contributed by atoms with Gasteiger partial charge in [-0.25, -0.2) is 9.97 Å². The molecule has 1 aliphatic rings. The van der Waals surface area contributed by atoms with Gasteiger partial charge in [0.15, 0.2) is 5.76 Å². The summed E-state index contributed by atoms with van der Waals surface area (Å²) in [6.07, 6.45) is 8.64. The van der Waals surface area contributed by atoms with Gasteiger partial charge in [-0.15, -0.1) is 0 Å². The smallest absolute Gasteiger partial charge is 0.228 e. The van der Waals surface area contributed by atoms with Crippen LogP contribution in [-0.4, -0.2) is 36.6 Å². The van der Waals surface area contributed by atoms with Crippen molar-refractivity contribution in [3.05, 3.63) is 66.6 Å². The molecule has 0 spiro atoms. The topological polar surface area (TPSA) is 106 Å². The molecule has 1 aliphatic heterocycles. The highest BCUT2D eigenvalue weighted by atomic mass is 16.5. The Balaban J connectivity index is 1.42. The molecular weight excluding hydrogens is 380 g/mol. The molecule has 0 radical (unpaired) electrons. The van der Waals surface area contributed by atoms with Gasteiger partial charge in [0.2, 0.25) is 5.95 Å². The zero-order chi connectivity index (χ0) is 20.3. The van der Waals surface area contributed by atoms with Gasteiger partial charge >= 0.3 is 0 Å². The predicted molar refractivity (Wildman–Crippen MR) is 111 cm³/mol. The van der Waals surface area contributed by atoms with Crippen LogP contribution in [0.25, 0.3) is 11.4 Å². The molecule has 0 amide bonds. The third-order valence-electron chi connectivity index (χ3n) is 4.96. The van der Waals surface area contributed by atoms with E-state index < -0.39 is 0 Å². The van der Waals surface area contributed by atoms with Gasteiger partial charge in [-0.2, -0.15) is 4.98 Å². The first kappa shape index (κ1) is 18.2. The molecule has 4 aromatic rings. The lowest BCUT2D eigenvalue weighted by atomic mass is 10.1. The van der Waals surface area contributed by atoms with Crippen molar-refractivity contribution in [3.63, 3.8) is 0 Å². The van der Waals surface area contributed by atoms with Crippen molar-refractivity contribution in [3.8, 4) is 11.4 Å². The second-order valence-corrected chi connectivity index (χ2v) is 7.09. The Morgan fingerprint density at radius 3 is 2.83 bits per heavy atom. The zero-order valence-electron chi connectivity index (χ0n) is 16.4. The molecule has 150 valence electrons. The molecule has 0 saturated carbocycles. The van der Waals surface area contributed by atoms with Crippen LogP contribution >= 0.6 is 0 Å². The van der Waals surface area contributed by atoms with E-state index in [1.54, 1.807) is 24.8 Å². The number of nitrogens with one attached hydrogen (secondary N) is 1. The average molecular weight is 400 g/mol. The van der Waals surface area contributed by atoms with Crippen LogP contribution in [0.15, 0.2) is 59.6 Å². The van der Waals surface area contributed by atoms with Crippen LogP contribution < -0.4 is 10.2 Å². The van der Waals surface area contributed by atoms with Gasteiger partial charge in [-0.05, 0) is 31.9 Å². The number of anilines is 3. The van der Waals surface area contributed by atoms with Crippen LogP contribution in [0.3, 0.4) is 0 Å². The summed E-state index contributed by atoms with van der Waals surface area (Å²) in [5.41, 5.74) is 2.38. The monoisotopic (exact) mass is 400 g/mol. The van der Waals surface area contributed by atoms with E-state index in [2.05, 4.69) is 35.3 Å². The molecular formula is C21H20N8O. The molecule has 30 heavy (non-hydrogen) atoms. The van der Waals surface area contributed by atoms with Gasteiger partial charge in [0, 0.05) is 43.0 Å². The molecule has 5 heterocycles. The lowest BCUT2D eigenvalue weighted by Crippen LogP contribution is -2.25. The second kappa shape index (κ2) is 7.86. The van der Waals surface area contributed by atoms with E-state index in [1.807, 2.05) is 37.3 Å². The Morgan fingerprint density at radius 1 is 1.03 bits per heavy atom. The van der Waals surface area contributed by atoms with Gasteiger partial charge in [-0.3, -0.25) is 9.97 Å². The quantitative estimate of drug-likeness (QED) is 0.536. The molecule has 0 aliphatic carbocycles. The lowest BCUT2D eigenvalue weighted by molar-refractivity contribution is 0.362. The van der Waals surface area contributed by atoms with E-state index in [9.17, 15) is 0 Å². The standard InChI is InChI=1S/C21H20N8O/c1-14-11-19(26-20-13-22-8-9-24-20)27-21(25-14)29-10-4-6-17(29)18-12-16(28-30-18)15-5-2-3-7-23-15/h2-3,5,7-9,11-13,17H,4,6,10H2,1H3,(H,24,25,26,27). The third-order valence-corrected chi connectivity index (χ3v) is 4.96. The summed E-state index contributed by atoms with van der Waals surface area (Å²) in [6, 6.07) is 9.61. The number of nitrogens with zero attached hydrogens (tertiary/aromatic N) is 7. The zero-order valence-corrected chi connectivity index (χ0v) is 16.4. The normalized spacial score (nSPS) is 16.0. The fourth-order valence-electron chi connectivity index (χ4n) is 3.62. The molecule has 1 unspecified atom stereocenters. The van der Waals surface area contributed by atoms with Gasteiger partial charge in [0.25, 0.3) is 0 Å². The fraction of sp³-hybridized carbons (Fsp3) is 0.238. The highest BCUT2D eigenvalue weighted by Crippen LogP contribution is 2.36. The Morgan fingerprint density at radius 2 is 2.00 bits per heavy atom. The van der Waals surface area contributed by atoms with Gasteiger partial charge in [0.1, 0.15) is 17.3 Å². The van der Waals surface area contributed by atoms with Crippen LogP contribution in [-0.2, 0) is 0 Å². The van der Waals surface area contributed by atoms with Crippen molar-refractivity contribution < 1.29 is 4.52 Å². The Bertz CT molecular complexity index is 1130. The van der Waals surface area contributed by atoms with Crippen molar-refractivity contribution in [2.24, 2.45) is 0 Å². The van der Waals surface area contributed by atoms with Gasteiger partial charge < -0.3 is 14.7 Å². The van der Waals surface area contributed by atoms with E-state index in [0.29, 0.717) is 17.6 Å². The first-order chi connectivity index (χ1) is 14.8. The number of hydrogen-bond acceptors (Lipinski definition) is 9. The summed E-state index contributed by atoms with van der Waals surface area (Å²) in [7, 11) is 0. The molecule has 4 aromatic heterocycles. The first-order valence-electron chi connectivity index (χ1n) is 9.80. The third kappa shape index (κ3) is 3.69.